The Balaban J connectivity index is 2.03. The van der Waals surface area contributed by atoms with Gasteiger partial charge in [0.05, 0.1) is 13.2 Å². The van der Waals surface area contributed by atoms with Crippen molar-refractivity contribution < 1.29 is 13.2 Å². The number of morpholine rings is 1. The molecule has 1 aromatic rings. The zero-order valence-corrected chi connectivity index (χ0v) is 11.4. The predicted molar refractivity (Wildman–Crippen MR) is 68.5 cm³/mol. The fourth-order valence-corrected chi connectivity index (χ4v) is 2.71. The summed E-state index contributed by atoms with van der Waals surface area (Å²) in [6.45, 7) is 2.89. The van der Waals surface area contributed by atoms with Gasteiger partial charge in [0, 0.05) is 18.0 Å². The van der Waals surface area contributed by atoms with E-state index < -0.39 is 9.84 Å². The largest absolute Gasteiger partial charge is 0.360 e. The molecule has 4 rings (SSSR count). The number of hydrogen-bond donors (Lipinski definition) is 0. The molecule has 3 aliphatic rings. The van der Waals surface area contributed by atoms with Crippen LogP contribution in [0, 0.1) is 18.8 Å². The first kappa shape index (κ1) is 12.4. The number of anilines is 1. The summed E-state index contributed by atoms with van der Waals surface area (Å²) in [6.07, 6.45) is 0.985. The van der Waals surface area contributed by atoms with Crippen molar-refractivity contribution in [2.24, 2.45) is 0 Å². The maximum absolute atomic E-state index is 11.6. The molecule has 4 heterocycles. The van der Waals surface area contributed by atoms with Gasteiger partial charge in [0.1, 0.15) is 18.0 Å². The van der Waals surface area contributed by atoms with Gasteiger partial charge in [-0.1, -0.05) is 11.8 Å². The summed E-state index contributed by atoms with van der Waals surface area (Å²) in [7, 11) is -3.42. The Morgan fingerprint density at radius 2 is 2.21 bits per heavy atom. The van der Waals surface area contributed by atoms with E-state index in [1.807, 2.05) is 4.90 Å². The van der Waals surface area contributed by atoms with Crippen LogP contribution >= 0.6 is 0 Å². The molecule has 0 spiro atoms. The van der Waals surface area contributed by atoms with Gasteiger partial charge in [-0.2, -0.15) is 0 Å². The average Bonchev–Trinajstić information content (AvgIpc) is 2.38. The summed E-state index contributed by atoms with van der Waals surface area (Å²) in [4.78, 5) is 10.1. The number of nitrogens with zero attached hydrogens (tertiary/aromatic N) is 3. The Labute approximate surface area is 111 Å². The van der Waals surface area contributed by atoms with Crippen molar-refractivity contribution >= 4 is 15.7 Å². The van der Waals surface area contributed by atoms with Crippen LogP contribution in [-0.4, -0.2) is 49.9 Å². The van der Waals surface area contributed by atoms with Crippen LogP contribution < -0.4 is 4.90 Å². The van der Waals surface area contributed by atoms with Crippen molar-refractivity contribution in [2.75, 3.05) is 24.3 Å². The summed E-state index contributed by atoms with van der Waals surface area (Å²) >= 11 is 0. The second-order valence-corrected chi connectivity index (χ2v) is 6.61. The van der Waals surface area contributed by atoms with Gasteiger partial charge in [-0.25, -0.2) is 18.4 Å². The van der Waals surface area contributed by atoms with Gasteiger partial charge in [0.15, 0.2) is 0 Å². The fourth-order valence-electron chi connectivity index (χ4n) is 2.14. The van der Waals surface area contributed by atoms with Crippen LogP contribution in [-0.2, 0) is 14.6 Å². The fraction of sp³-hybridized carbons (Fsp3) is 0.500. The van der Waals surface area contributed by atoms with Crippen LogP contribution in [0.1, 0.15) is 5.69 Å². The van der Waals surface area contributed by atoms with Gasteiger partial charge in [-0.3, -0.25) is 0 Å². The van der Waals surface area contributed by atoms with Crippen LogP contribution in [0.3, 0.4) is 0 Å². The van der Waals surface area contributed by atoms with Gasteiger partial charge < -0.3 is 9.64 Å². The van der Waals surface area contributed by atoms with Crippen LogP contribution in [0.25, 0.3) is 0 Å². The third kappa shape index (κ3) is 2.29. The molecule has 1 saturated heterocycles. The minimum atomic E-state index is -3.42. The highest BCUT2D eigenvalue weighted by Gasteiger charge is 2.32. The van der Waals surface area contributed by atoms with Crippen LogP contribution in [0.2, 0.25) is 0 Å². The predicted octanol–water partition coefficient (Wildman–Crippen LogP) is -0.221. The Morgan fingerprint density at radius 3 is 2.74 bits per heavy atom. The lowest BCUT2D eigenvalue weighted by molar-refractivity contribution is 0.0573. The normalized spacial score (nSPS) is 25.1. The zero-order chi connectivity index (χ0) is 13.6. The van der Waals surface area contributed by atoms with E-state index in [2.05, 4.69) is 21.8 Å². The van der Waals surface area contributed by atoms with E-state index in [0.29, 0.717) is 24.7 Å². The molecule has 0 N–H and O–H groups in total. The van der Waals surface area contributed by atoms with Crippen molar-refractivity contribution in [1.29, 1.82) is 0 Å². The number of rotatable bonds is 2. The topological polar surface area (TPSA) is 72.4 Å². The molecule has 1 aromatic heterocycles. The Morgan fingerprint density at radius 1 is 1.42 bits per heavy atom. The Bertz CT molecular complexity index is 690. The van der Waals surface area contributed by atoms with E-state index >= 15 is 0 Å². The molecule has 3 aliphatic heterocycles. The van der Waals surface area contributed by atoms with E-state index in [-0.39, 0.29) is 17.3 Å². The van der Waals surface area contributed by atoms with Crippen molar-refractivity contribution in [2.45, 2.75) is 24.2 Å². The van der Waals surface area contributed by atoms with E-state index in [0.717, 1.165) is 6.26 Å². The van der Waals surface area contributed by atoms with Crippen LogP contribution in [0.15, 0.2) is 11.2 Å². The van der Waals surface area contributed by atoms with Gasteiger partial charge in [-0.15, -0.1) is 0 Å². The van der Waals surface area contributed by atoms with Gasteiger partial charge in [0.25, 0.3) is 0 Å². The van der Waals surface area contributed by atoms with Gasteiger partial charge in [-0.05, 0) is 6.92 Å². The quantitative estimate of drug-likeness (QED) is 0.550. The third-order valence-corrected chi connectivity index (χ3v) is 3.90. The number of aryl methyl sites for hydroxylation is 1. The molecular weight excluding hydrogens is 266 g/mol. The SMILES string of the molecule is Cc1cc(N2C[C@@H]3C#C[C@H]2CO3)nc(S(C)(=O)=O)n1. The molecule has 0 amide bonds. The molecule has 2 atom stereocenters. The van der Waals surface area contributed by atoms with Crippen molar-refractivity contribution in [1.82, 2.24) is 9.97 Å². The number of ether oxygens (including phenoxy) is 1. The van der Waals surface area contributed by atoms with Crippen molar-refractivity contribution in [3.8, 4) is 11.8 Å². The minimum absolute atomic E-state index is 0.0632. The van der Waals surface area contributed by atoms with Gasteiger partial charge in [0.2, 0.25) is 15.0 Å². The molecule has 6 nitrogen and oxygen atoms in total. The lowest BCUT2D eigenvalue weighted by atomic mass is 10.1. The van der Waals surface area contributed by atoms with Crippen LogP contribution in [0.5, 0.6) is 0 Å². The maximum atomic E-state index is 11.6. The zero-order valence-electron chi connectivity index (χ0n) is 10.6. The Hall–Kier alpha value is -1.65. The first-order chi connectivity index (χ1) is 8.93. The highest BCUT2D eigenvalue weighted by atomic mass is 32.2. The van der Waals surface area contributed by atoms with Crippen molar-refractivity contribution in [3.63, 3.8) is 0 Å². The molecule has 0 saturated carbocycles. The molecule has 19 heavy (non-hydrogen) atoms. The number of fused-ring (bicyclic) bond motifs is 2. The highest BCUT2D eigenvalue weighted by Crippen LogP contribution is 2.23. The second kappa shape index (κ2) is 4.18. The molecule has 7 heteroatoms. The second-order valence-electron chi connectivity index (χ2n) is 4.70. The van der Waals surface area contributed by atoms with E-state index in [9.17, 15) is 8.42 Å². The van der Waals surface area contributed by atoms with Crippen molar-refractivity contribution in [3.05, 3.63) is 11.8 Å². The minimum Gasteiger partial charge on any atom is -0.360 e. The summed E-state index contributed by atoms with van der Waals surface area (Å²) in [5.74, 6) is 6.69. The molecule has 0 aromatic carbocycles. The number of hydrogen-bond acceptors (Lipinski definition) is 6. The summed E-state index contributed by atoms with van der Waals surface area (Å²) in [5.41, 5.74) is 0.626. The highest BCUT2D eigenvalue weighted by molar-refractivity contribution is 7.90. The summed E-state index contributed by atoms with van der Waals surface area (Å²) < 4.78 is 28.6. The van der Waals surface area contributed by atoms with E-state index in [1.165, 1.54) is 0 Å². The maximum Gasteiger partial charge on any atom is 0.248 e. The average molecular weight is 279 g/mol. The summed E-state index contributed by atoms with van der Waals surface area (Å²) in [6, 6.07) is 1.71. The number of sulfone groups is 1. The lowest BCUT2D eigenvalue weighted by Crippen LogP contribution is -2.52. The van der Waals surface area contributed by atoms with E-state index in [1.54, 1.807) is 13.0 Å². The third-order valence-electron chi connectivity index (χ3n) is 3.05. The molecule has 0 unspecified atom stereocenters. The van der Waals surface area contributed by atoms with E-state index in [4.69, 9.17) is 4.74 Å². The lowest BCUT2D eigenvalue weighted by Gasteiger charge is -2.39. The molecule has 0 radical (unpaired) electrons. The monoisotopic (exact) mass is 279 g/mol. The first-order valence-electron chi connectivity index (χ1n) is 5.88. The molecule has 100 valence electrons. The summed E-state index contributed by atoms with van der Waals surface area (Å²) in [5, 5.41) is -0.141. The Kier molecular flexibility index (Phi) is 2.73. The standard InChI is InChI=1S/C12H13N3O3S/c1-8-5-11(14-12(13-8)19(2,16)17)15-6-10-4-3-9(15)7-18-10/h5,9-10H,6-7H2,1-2H3/t9-,10-/m0/s1. The molecule has 1 fully saturated rings. The van der Waals surface area contributed by atoms with Gasteiger partial charge >= 0.3 is 0 Å². The number of aromatic nitrogens is 2. The van der Waals surface area contributed by atoms with Crippen LogP contribution in [0.4, 0.5) is 5.82 Å². The first-order valence-corrected chi connectivity index (χ1v) is 7.78. The molecule has 0 aliphatic carbocycles. The smallest absolute Gasteiger partial charge is 0.248 e. The molecule has 2 bridgehead atoms. The molecular formula is C12H13N3O3S.